The van der Waals surface area contributed by atoms with E-state index in [2.05, 4.69) is 79.3 Å². The number of hydrogen-bond acceptors (Lipinski definition) is 3. The second-order valence-corrected chi connectivity index (χ2v) is 15.2. The van der Waals surface area contributed by atoms with Crippen LogP contribution < -0.4 is 10.4 Å². The van der Waals surface area contributed by atoms with E-state index in [-0.39, 0.29) is 5.04 Å². The van der Waals surface area contributed by atoms with Gasteiger partial charge >= 0.3 is 0 Å². The van der Waals surface area contributed by atoms with Gasteiger partial charge < -0.3 is 4.43 Å². The van der Waals surface area contributed by atoms with Crippen LogP contribution in [0.4, 0.5) is 4.39 Å². The minimum atomic E-state index is -2.97. The van der Waals surface area contributed by atoms with Gasteiger partial charge in [-0.3, -0.25) is 9.97 Å². The van der Waals surface area contributed by atoms with Gasteiger partial charge in [0.1, 0.15) is 6.17 Å². The lowest BCUT2D eigenvalue weighted by Crippen LogP contribution is -2.67. The molecule has 2 unspecified atom stereocenters. The minimum absolute atomic E-state index is 0.245. The number of halogens is 2. The van der Waals surface area contributed by atoms with E-state index in [1.54, 1.807) is 12.4 Å². The van der Waals surface area contributed by atoms with Crippen molar-refractivity contribution in [3.8, 4) is 0 Å². The van der Waals surface area contributed by atoms with Crippen molar-refractivity contribution in [3.05, 3.63) is 118 Å². The van der Waals surface area contributed by atoms with Crippen LogP contribution in [0.1, 0.15) is 68.0 Å². The molecule has 188 valence electrons. The Hall–Kier alpha value is -3.12. The standard InChI is InChI=1S/C31H30ClFN2OSi/c1-21(33)29-18-26-22(19-34-29)15-16-28-27(17-23(32)20-35-28)30(26)36-37(31(2,3)4,24-11-7-5-8-12-24)25-13-9-6-10-14-25/h5-21,30H,1-4H3. The van der Waals surface area contributed by atoms with Crippen LogP contribution in [-0.4, -0.2) is 18.3 Å². The van der Waals surface area contributed by atoms with E-state index < -0.39 is 20.6 Å². The molecule has 0 radical (unpaired) electrons. The molecule has 3 nitrogen and oxygen atoms in total. The van der Waals surface area contributed by atoms with Crippen molar-refractivity contribution in [3.63, 3.8) is 0 Å². The predicted molar refractivity (Wildman–Crippen MR) is 152 cm³/mol. The van der Waals surface area contributed by atoms with Gasteiger partial charge in [-0.15, -0.1) is 0 Å². The summed E-state index contributed by atoms with van der Waals surface area (Å²) in [6.07, 6.45) is 5.57. The lowest BCUT2D eigenvalue weighted by Gasteiger charge is -2.45. The fourth-order valence-corrected chi connectivity index (χ4v) is 10.0. The molecule has 37 heavy (non-hydrogen) atoms. The van der Waals surface area contributed by atoms with Crippen LogP contribution >= 0.6 is 11.6 Å². The van der Waals surface area contributed by atoms with Gasteiger partial charge in [0.2, 0.25) is 0 Å². The first-order valence-corrected chi connectivity index (χ1v) is 14.8. The molecule has 1 aliphatic carbocycles. The molecule has 0 saturated carbocycles. The largest absolute Gasteiger partial charge is 0.396 e. The molecule has 0 spiro atoms. The summed E-state index contributed by atoms with van der Waals surface area (Å²) < 4.78 is 22.1. The zero-order valence-corrected chi connectivity index (χ0v) is 23.2. The number of pyridine rings is 2. The molecule has 0 saturated heterocycles. The van der Waals surface area contributed by atoms with Gasteiger partial charge in [0.15, 0.2) is 0 Å². The first-order valence-electron chi connectivity index (χ1n) is 12.5. The normalized spacial score (nSPS) is 16.0. The summed E-state index contributed by atoms with van der Waals surface area (Å²) in [6.45, 7) is 8.24. The number of fused-ring (bicyclic) bond motifs is 2. The molecule has 0 N–H and O–H groups in total. The molecule has 2 atom stereocenters. The maximum Gasteiger partial charge on any atom is 0.262 e. The van der Waals surface area contributed by atoms with Crippen LogP contribution in [0.25, 0.3) is 12.2 Å². The van der Waals surface area contributed by atoms with Gasteiger partial charge in [0, 0.05) is 18.0 Å². The monoisotopic (exact) mass is 528 g/mol. The minimum Gasteiger partial charge on any atom is -0.396 e. The van der Waals surface area contributed by atoms with Crippen molar-refractivity contribution in [2.24, 2.45) is 0 Å². The molecule has 2 aromatic heterocycles. The Kier molecular flexibility index (Phi) is 6.88. The van der Waals surface area contributed by atoms with Crippen molar-refractivity contribution in [1.29, 1.82) is 0 Å². The molecule has 0 aliphatic heterocycles. The quantitative estimate of drug-likeness (QED) is 0.255. The average molecular weight is 529 g/mol. The van der Waals surface area contributed by atoms with Crippen LogP contribution in [0, 0.1) is 0 Å². The highest BCUT2D eigenvalue weighted by molar-refractivity contribution is 6.99. The lowest BCUT2D eigenvalue weighted by molar-refractivity contribution is 0.229. The second kappa shape index (κ2) is 9.97. The number of alkyl halides is 1. The van der Waals surface area contributed by atoms with Crippen molar-refractivity contribution in [2.75, 3.05) is 0 Å². The molecule has 5 rings (SSSR count). The third-order valence-corrected chi connectivity index (χ3v) is 12.2. The Morgan fingerprint density at radius 3 is 2.05 bits per heavy atom. The van der Waals surface area contributed by atoms with E-state index in [0.717, 1.165) is 32.8 Å². The van der Waals surface area contributed by atoms with E-state index in [0.29, 0.717) is 10.7 Å². The highest BCUT2D eigenvalue weighted by Gasteiger charge is 2.52. The van der Waals surface area contributed by atoms with Crippen molar-refractivity contribution in [2.45, 2.75) is 45.0 Å². The van der Waals surface area contributed by atoms with Gasteiger partial charge in [-0.05, 0) is 51.7 Å². The van der Waals surface area contributed by atoms with E-state index >= 15 is 0 Å². The van der Waals surface area contributed by atoms with Gasteiger partial charge in [-0.25, -0.2) is 4.39 Å². The number of nitrogens with zero attached hydrogens (tertiary/aromatic N) is 2. The van der Waals surface area contributed by atoms with Crippen molar-refractivity contribution in [1.82, 2.24) is 9.97 Å². The van der Waals surface area contributed by atoms with Crippen LogP contribution in [0.3, 0.4) is 0 Å². The second-order valence-electron chi connectivity index (χ2n) is 10.5. The average Bonchev–Trinajstić information content (AvgIpc) is 3.03. The Morgan fingerprint density at radius 2 is 1.49 bits per heavy atom. The molecule has 2 aromatic carbocycles. The topological polar surface area (TPSA) is 35.0 Å². The number of hydrogen-bond donors (Lipinski definition) is 0. The molecule has 0 bridgehead atoms. The molecular formula is C31H30ClFN2OSi. The molecule has 0 fully saturated rings. The van der Waals surface area contributed by atoms with Crippen LogP contribution in [0.15, 0.2) is 85.2 Å². The fraction of sp³-hybridized carbons (Fsp3) is 0.226. The van der Waals surface area contributed by atoms with Crippen molar-refractivity contribution < 1.29 is 8.82 Å². The first kappa shape index (κ1) is 25.5. The zero-order valence-electron chi connectivity index (χ0n) is 21.5. The fourth-order valence-electron chi connectivity index (χ4n) is 5.23. The van der Waals surface area contributed by atoms with E-state index in [4.69, 9.17) is 16.0 Å². The number of aromatic nitrogens is 2. The van der Waals surface area contributed by atoms with Crippen LogP contribution in [0.2, 0.25) is 10.1 Å². The molecule has 2 heterocycles. The zero-order chi connectivity index (χ0) is 26.2. The van der Waals surface area contributed by atoms with Gasteiger partial charge in [-0.2, -0.15) is 0 Å². The summed E-state index contributed by atoms with van der Waals surface area (Å²) in [5, 5.41) is 2.61. The van der Waals surface area contributed by atoms with E-state index in [1.807, 2.05) is 36.4 Å². The maximum atomic E-state index is 14.5. The predicted octanol–water partition coefficient (Wildman–Crippen LogP) is 7.31. The number of benzene rings is 2. The highest BCUT2D eigenvalue weighted by atomic mass is 35.5. The van der Waals surface area contributed by atoms with Gasteiger partial charge in [0.05, 0.1) is 22.5 Å². The highest BCUT2D eigenvalue weighted by Crippen LogP contribution is 2.44. The Bertz CT molecular complexity index is 1400. The maximum absolute atomic E-state index is 14.5. The Labute approximate surface area is 224 Å². The van der Waals surface area contributed by atoms with Crippen LogP contribution in [0.5, 0.6) is 0 Å². The summed E-state index contributed by atoms with van der Waals surface area (Å²) in [5.41, 5.74) is 3.75. The summed E-state index contributed by atoms with van der Waals surface area (Å²) >= 11 is 6.50. The van der Waals surface area contributed by atoms with Crippen LogP contribution in [-0.2, 0) is 4.43 Å². The smallest absolute Gasteiger partial charge is 0.262 e. The third-order valence-electron chi connectivity index (χ3n) is 7.01. The first-order chi connectivity index (χ1) is 17.7. The third kappa shape index (κ3) is 4.68. The van der Waals surface area contributed by atoms with E-state index in [9.17, 15) is 4.39 Å². The SMILES string of the molecule is CC(F)c1cc2c(cn1)C=Cc1ncc(Cl)cc1C2O[Si](c1ccccc1)(c1ccccc1)C(C)(C)C. The summed E-state index contributed by atoms with van der Waals surface area (Å²) in [5.74, 6) is 0. The Morgan fingerprint density at radius 1 is 0.865 bits per heavy atom. The van der Waals surface area contributed by atoms with Gasteiger partial charge in [0.25, 0.3) is 8.32 Å². The van der Waals surface area contributed by atoms with Crippen molar-refractivity contribution >= 4 is 42.4 Å². The molecular weight excluding hydrogens is 499 g/mol. The molecule has 0 amide bonds. The molecule has 6 heteroatoms. The summed E-state index contributed by atoms with van der Waals surface area (Å²) in [7, 11) is -2.97. The van der Waals surface area contributed by atoms with Gasteiger partial charge in [-0.1, -0.05) is 99.1 Å². The van der Waals surface area contributed by atoms with E-state index in [1.165, 1.54) is 6.92 Å². The summed E-state index contributed by atoms with van der Waals surface area (Å²) in [6, 6.07) is 24.7. The molecule has 1 aliphatic rings. The molecule has 4 aromatic rings. The Balaban J connectivity index is 1.82. The number of rotatable bonds is 5. The lowest BCUT2D eigenvalue weighted by atomic mass is 9.98. The summed E-state index contributed by atoms with van der Waals surface area (Å²) in [4.78, 5) is 9.02.